The molecule has 1 heterocycles. The molecule has 1 aromatic rings. The number of hydrogen-bond donors (Lipinski definition) is 1. The topological polar surface area (TPSA) is 42.1 Å². The molecule has 96 valence electrons. The van der Waals surface area contributed by atoms with E-state index in [1.54, 1.807) is 11.0 Å². The third-order valence-corrected chi connectivity index (χ3v) is 2.36. The molecule has 17 heavy (non-hydrogen) atoms. The molecular formula is C11H16F3N3. The lowest BCUT2D eigenvalue weighted by Gasteiger charge is -2.22. The second-order valence-electron chi connectivity index (χ2n) is 3.60. The maximum Gasteiger partial charge on any atom is 0.433 e. The highest BCUT2D eigenvalue weighted by molar-refractivity contribution is 5.39. The van der Waals surface area contributed by atoms with Gasteiger partial charge in [-0.25, -0.2) is 4.98 Å². The van der Waals surface area contributed by atoms with Crippen LogP contribution in [-0.4, -0.2) is 24.6 Å². The standard InChI is InChI=1S/C11H16F3N3/c1-2-17(8-4-7-15)10-6-3-5-9(16-10)11(12,13)14/h3,5-6H,2,4,7-8,15H2,1H3. The Balaban J connectivity index is 2.89. The van der Waals surface area contributed by atoms with Gasteiger partial charge >= 0.3 is 6.18 Å². The minimum absolute atomic E-state index is 0.343. The summed E-state index contributed by atoms with van der Waals surface area (Å²) in [6.07, 6.45) is -3.67. The van der Waals surface area contributed by atoms with Crippen molar-refractivity contribution in [1.29, 1.82) is 0 Å². The molecule has 0 aromatic carbocycles. The van der Waals surface area contributed by atoms with Crippen LogP contribution in [0.25, 0.3) is 0 Å². The first kappa shape index (κ1) is 13.8. The van der Waals surface area contributed by atoms with Gasteiger partial charge in [0.15, 0.2) is 0 Å². The number of aromatic nitrogens is 1. The largest absolute Gasteiger partial charge is 0.433 e. The molecule has 0 amide bonds. The first-order valence-electron chi connectivity index (χ1n) is 5.48. The summed E-state index contributed by atoms with van der Waals surface area (Å²) in [5.41, 5.74) is 4.52. The molecule has 0 aliphatic heterocycles. The summed E-state index contributed by atoms with van der Waals surface area (Å²) in [5, 5.41) is 0. The quantitative estimate of drug-likeness (QED) is 0.868. The van der Waals surface area contributed by atoms with Crippen LogP contribution in [0.15, 0.2) is 18.2 Å². The first-order chi connectivity index (χ1) is 7.99. The highest BCUT2D eigenvalue weighted by Gasteiger charge is 2.32. The molecule has 0 bridgehead atoms. The summed E-state index contributed by atoms with van der Waals surface area (Å²) in [6, 6.07) is 3.92. The number of nitrogens with zero attached hydrogens (tertiary/aromatic N) is 2. The van der Waals surface area contributed by atoms with Gasteiger partial charge in [-0.3, -0.25) is 0 Å². The van der Waals surface area contributed by atoms with Gasteiger partial charge in [-0.2, -0.15) is 13.2 Å². The van der Waals surface area contributed by atoms with Crippen molar-refractivity contribution in [1.82, 2.24) is 4.98 Å². The number of rotatable bonds is 5. The van der Waals surface area contributed by atoms with Crippen LogP contribution in [0.5, 0.6) is 0 Å². The summed E-state index contributed by atoms with van der Waals surface area (Å²) >= 11 is 0. The van der Waals surface area contributed by atoms with Crippen molar-refractivity contribution in [3.05, 3.63) is 23.9 Å². The molecule has 0 saturated heterocycles. The molecule has 0 radical (unpaired) electrons. The number of pyridine rings is 1. The zero-order valence-corrected chi connectivity index (χ0v) is 9.67. The lowest BCUT2D eigenvalue weighted by Crippen LogP contribution is -2.27. The van der Waals surface area contributed by atoms with Gasteiger partial charge in [-0.15, -0.1) is 0 Å². The maximum absolute atomic E-state index is 12.5. The van der Waals surface area contributed by atoms with E-state index in [-0.39, 0.29) is 0 Å². The number of anilines is 1. The Morgan fingerprint density at radius 3 is 2.59 bits per heavy atom. The lowest BCUT2D eigenvalue weighted by molar-refractivity contribution is -0.141. The monoisotopic (exact) mass is 247 g/mol. The number of hydrogen-bond acceptors (Lipinski definition) is 3. The summed E-state index contributed by atoms with van der Waals surface area (Å²) in [4.78, 5) is 5.41. The van der Waals surface area contributed by atoms with Crippen molar-refractivity contribution in [2.75, 3.05) is 24.5 Å². The van der Waals surface area contributed by atoms with Gasteiger partial charge in [0.05, 0.1) is 0 Å². The number of alkyl halides is 3. The fourth-order valence-electron chi connectivity index (χ4n) is 1.47. The Morgan fingerprint density at radius 1 is 1.35 bits per heavy atom. The average molecular weight is 247 g/mol. The fraction of sp³-hybridized carbons (Fsp3) is 0.545. The Hall–Kier alpha value is -1.30. The van der Waals surface area contributed by atoms with Crippen LogP contribution in [0.2, 0.25) is 0 Å². The van der Waals surface area contributed by atoms with E-state index in [4.69, 9.17) is 5.73 Å². The molecule has 1 aromatic heterocycles. The van der Waals surface area contributed by atoms with Gasteiger partial charge < -0.3 is 10.6 Å². The lowest BCUT2D eigenvalue weighted by atomic mass is 10.3. The van der Waals surface area contributed by atoms with Gasteiger partial charge in [-0.05, 0) is 32.0 Å². The molecule has 3 nitrogen and oxygen atoms in total. The first-order valence-corrected chi connectivity index (χ1v) is 5.48. The van der Waals surface area contributed by atoms with Crippen LogP contribution in [0, 0.1) is 0 Å². The predicted molar refractivity (Wildman–Crippen MR) is 60.8 cm³/mol. The van der Waals surface area contributed by atoms with Crippen LogP contribution in [0.3, 0.4) is 0 Å². The van der Waals surface area contributed by atoms with Crippen molar-refractivity contribution in [3.8, 4) is 0 Å². The minimum Gasteiger partial charge on any atom is -0.357 e. The van der Waals surface area contributed by atoms with E-state index in [2.05, 4.69) is 4.98 Å². The zero-order chi connectivity index (χ0) is 12.9. The molecule has 0 aliphatic rings. The Labute approximate surface area is 98.4 Å². The predicted octanol–water partition coefficient (Wildman–Crippen LogP) is 2.28. The van der Waals surface area contributed by atoms with Gasteiger partial charge in [0, 0.05) is 13.1 Å². The Kier molecular flexibility index (Phi) is 4.74. The molecule has 0 spiro atoms. The Morgan fingerprint density at radius 2 is 2.06 bits per heavy atom. The zero-order valence-electron chi connectivity index (χ0n) is 9.67. The highest BCUT2D eigenvalue weighted by atomic mass is 19.4. The van der Waals surface area contributed by atoms with Crippen molar-refractivity contribution in [2.24, 2.45) is 5.73 Å². The van der Waals surface area contributed by atoms with Crippen LogP contribution >= 0.6 is 0 Å². The summed E-state index contributed by atoms with van der Waals surface area (Å²) in [7, 11) is 0. The average Bonchev–Trinajstić information content (AvgIpc) is 2.29. The minimum atomic E-state index is -4.40. The van der Waals surface area contributed by atoms with E-state index in [0.29, 0.717) is 25.5 Å². The van der Waals surface area contributed by atoms with E-state index < -0.39 is 11.9 Å². The van der Waals surface area contributed by atoms with Crippen molar-refractivity contribution in [2.45, 2.75) is 19.5 Å². The fourth-order valence-corrected chi connectivity index (χ4v) is 1.47. The number of halogens is 3. The van der Waals surface area contributed by atoms with Crippen molar-refractivity contribution >= 4 is 5.82 Å². The second-order valence-corrected chi connectivity index (χ2v) is 3.60. The molecule has 6 heteroatoms. The highest BCUT2D eigenvalue weighted by Crippen LogP contribution is 2.28. The van der Waals surface area contributed by atoms with Crippen LogP contribution in [0.1, 0.15) is 19.0 Å². The third-order valence-electron chi connectivity index (χ3n) is 2.36. The maximum atomic E-state index is 12.5. The van der Waals surface area contributed by atoms with Crippen molar-refractivity contribution in [3.63, 3.8) is 0 Å². The van der Waals surface area contributed by atoms with Gasteiger partial charge in [0.2, 0.25) is 0 Å². The third kappa shape index (κ3) is 3.89. The summed E-state index contributed by atoms with van der Waals surface area (Å²) in [6.45, 7) is 3.60. The van der Waals surface area contributed by atoms with Gasteiger partial charge in [-0.1, -0.05) is 6.07 Å². The van der Waals surface area contributed by atoms with Gasteiger partial charge in [0.25, 0.3) is 0 Å². The molecule has 0 unspecified atom stereocenters. The number of nitrogens with two attached hydrogens (primary N) is 1. The molecule has 1 rings (SSSR count). The normalized spacial score (nSPS) is 11.6. The SMILES string of the molecule is CCN(CCCN)c1cccc(C(F)(F)F)n1. The summed E-state index contributed by atoms with van der Waals surface area (Å²) in [5.74, 6) is 0.343. The molecule has 2 N–H and O–H groups in total. The smallest absolute Gasteiger partial charge is 0.357 e. The molecular weight excluding hydrogens is 231 g/mol. The van der Waals surface area contributed by atoms with Crippen LogP contribution in [-0.2, 0) is 6.18 Å². The molecule has 0 saturated carbocycles. The summed E-state index contributed by atoms with van der Waals surface area (Å²) < 4.78 is 37.5. The van der Waals surface area contributed by atoms with E-state index in [1.807, 2.05) is 6.92 Å². The van der Waals surface area contributed by atoms with Crippen molar-refractivity contribution < 1.29 is 13.2 Å². The second kappa shape index (κ2) is 5.86. The Bertz CT molecular complexity index is 352. The van der Waals surface area contributed by atoms with E-state index >= 15 is 0 Å². The van der Waals surface area contributed by atoms with E-state index in [1.165, 1.54) is 6.07 Å². The van der Waals surface area contributed by atoms with Crippen LogP contribution in [0.4, 0.5) is 19.0 Å². The molecule has 0 atom stereocenters. The molecule has 0 fully saturated rings. The molecule has 0 aliphatic carbocycles. The van der Waals surface area contributed by atoms with Crippen LogP contribution < -0.4 is 10.6 Å². The van der Waals surface area contributed by atoms with E-state index in [0.717, 1.165) is 12.5 Å². The van der Waals surface area contributed by atoms with Gasteiger partial charge in [0.1, 0.15) is 11.5 Å². The van der Waals surface area contributed by atoms with E-state index in [9.17, 15) is 13.2 Å².